The molecule has 144 valence electrons. The van der Waals surface area contributed by atoms with Gasteiger partial charge in [-0.15, -0.1) is 0 Å². The lowest BCUT2D eigenvalue weighted by atomic mass is 9.73. The fourth-order valence-corrected chi connectivity index (χ4v) is 3.71. The second kappa shape index (κ2) is 9.07. The number of ether oxygens (including phenoxy) is 2. The average molecular weight is 349 g/mol. The third-order valence-electron chi connectivity index (χ3n) is 3.97. The summed E-state index contributed by atoms with van der Waals surface area (Å²) >= 11 is 0. The van der Waals surface area contributed by atoms with Gasteiger partial charge in [0, 0.05) is 6.42 Å². The first-order valence-corrected chi connectivity index (χ1v) is 9.77. The molecule has 0 radical (unpaired) electrons. The van der Waals surface area contributed by atoms with Gasteiger partial charge in [-0.1, -0.05) is 60.6 Å². The van der Waals surface area contributed by atoms with Crippen molar-refractivity contribution < 1.29 is 9.47 Å². The second-order valence-corrected chi connectivity index (χ2v) is 10.1. The van der Waals surface area contributed by atoms with Crippen LogP contribution in [0.4, 0.5) is 0 Å². The molecule has 2 heteroatoms. The molecule has 0 heterocycles. The highest BCUT2D eigenvalue weighted by molar-refractivity contribution is 5.28. The van der Waals surface area contributed by atoms with Crippen molar-refractivity contribution in [2.75, 3.05) is 0 Å². The molecule has 0 aliphatic heterocycles. The van der Waals surface area contributed by atoms with Crippen LogP contribution in [0.5, 0.6) is 5.75 Å². The van der Waals surface area contributed by atoms with E-state index in [0.29, 0.717) is 16.7 Å². The summed E-state index contributed by atoms with van der Waals surface area (Å²) in [4.78, 5) is 0. The van der Waals surface area contributed by atoms with Crippen molar-refractivity contribution in [2.45, 2.75) is 94.0 Å². The molecule has 2 nitrogen and oxygen atoms in total. The third kappa shape index (κ3) is 9.89. The van der Waals surface area contributed by atoms with Gasteiger partial charge in [-0.3, -0.25) is 0 Å². The van der Waals surface area contributed by atoms with Crippen LogP contribution >= 0.6 is 0 Å². The fourth-order valence-electron chi connectivity index (χ4n) is 3.71. The highest BCUT2D eigenvalue weighted by Gasteiger charge is 2.25. The van der Waals surface area contributed by atoms with Gasteiger partial charge >= 0.3 is 0 Å². The molecule has 1 atom stereocenters. The van der Waals surface area contributed by atoms with Gasteiger partial charge in [0.25, 0.3) is 0 Å². The first-order chi connectivity index (χ1) is 11.4. The largest absolute Gasteiger partial charge is 0.465 e. The van der Waals surface area contributed by atoms with E-state index in [0.717, 1.165) is 18.6 Å². The summed E-state index contributed by atoms with van der Waals surface area (Å²) in [6.45, 7) is 20.2. The predicted molar refractivity (Wildman–Crippen MR) is 108 cm³/mol. The Morgan fingerprint density at radius 3 is 1.88 bits per heavy atom. The van der Waals surface area contributed by atoms with Crippen molar-refractivity contribution in [3.05, 3.63) is 29.8 Å². The summed E-state index contributed by atoms with van der Waals surface area (Å²) in [6.07, 6.45) is 3.18. The Morgan fingerprint density at radius 1 is 0.880 bits per heavy atom. The van der Waals surface area contributed by atoms with Crippen molar-refractivity contribution >= 4 is 0 Å². The number of benzene rings is 1. The van der Waals surface area contributed by atoms with Crippen molar-refractivity contribution in [1.82, 2.24) is 0 Å². The summed E-state index contributed by atoms with van der Waals surface area (Å²) in [5.41, 5.74) is 2.01. The van der Waals surface area contributed by atoms with Crippen LogP contribution in [-0.4, -0.2) is 12.4 Å². The van der Waals surface area contributed by atoms with Gasteiger partial charge in [0.1, 0.15) is 5.75 Å². The summed E-state index contributed by atoms with van der Waals surface area (Å²) in [5.74, 6) is 1.44. The van der Waals surface area contributed by atoms with E-state index in [2.05, 4.69) is 86.6 Å². The monoisotopic (exact) mass is 348 g/mol. The second-order valence-electron chi connectivity index (χ2n) is 10.1. The lowest BCUT2D eigenvalue weighted by molar-refractivity contribution is -0.117. The zero-order valence-corrected chi connectivity index (χ0v) is 18.0. The molecule has 0 fully saturated rings. The van der Waals surface area contributed by atoms with Gasteiger partial charge in [-0.05, 0) is 61.1 Å². The maximum atomic E-state index is 6.08. The predicted octanol–water partition coefficient (Wildman–Crippen LogP) is 6.87. The Kier molecular flexibility index (Phi) is 7.99. The van der Waals surface area contributed by atoms with E-state index in [-0.39, 0.29) is 12.4 Å². The lowest BCUT2D eigenvalue weighted by Crippen LogP contribution is -2.26. The van der Waals surface area contributed by atoms with Crippen LogP contribution in [0.15, 0.2) is 24.3 Å². The molecule has 0 saturated carbocycles. The van der Waals surface area contributed by atoms with E-state index in [1.165, 1.54) is 12.0 Å². The van der Waals surface area contributed by atoms with Gasteiger partial charge in [-0.25, -0.2) is 0 Å². The molecule has 25 heavy (non-hydrogen) atoms. The summed E-state index contributed by atoms with van der Waals surface area (Å²) < 4.78 is 12.0. The fraction of sp³-hybridized carbons (Fsp3) is 0.739. The molecule has 1 rings (SSSR count). The maximum Gasteiger partial charge on any atom is 0.200 e. The van der Waals surface area contributed by atoms with Crippen molar-refractivity contribution in [3.8, 4) is 5.75 Å². The molecule has 0 amide bonds. The molecule has 0 spiro atoms. The summed E-state index contributed by atoms with van der Waals surface area (Å²) in [6, 6.07) is 8.56. The minimum absolute atomic E-state index is 0.168. The van der Waals surface area contributed by atoms with Gasteiger partial charge < -0.3 is 9.47 Å². The zero-order valence-electron chi connectivity index (χ0n) is 18.0. The van der Waals surface area contributed by atoms with Crippen LogP contribution in [-0.2, 0) is 11.2 Å². The molecule has 1 aromatic rings. The molecule has 1 unspecified atom stereocenters. The van der Waals surface area contributed by atoms with Crippen LogP contribution < -0.4 is 4.74 Å². The van der Waals surface area contributed by atoms with E-state index in [9.17, 15) is 0 Å². The molecule has 1 aromatic carbocycles. The maximum absolute atomic E-state index is 6.08. The van der Waals surface area contributed by atoms with Gasteiger partial charge in [0.15, 0.2) is 6.29 Å². The Labute approximate surface area is 156 Å². The number of hydrogen-bond acceptors (Lipinski definition) is 2. The minimum atomic E-state index is -0.178. The topological polar surface area (TPSA) is 18.5 Å². The lowest BCUT2D eigenvalue weighted by Gasteiger charge is -2.32. The standard InChI is InChI=1S/C23H40O2/c1-17(2)14-21(24-18(3)4)25-20-12-10-19(11-13-20)15-23(8,9)16-22(5,6)7/h10-13,17-18,21H,14-16H2,1-9H3. The van der Waals surface area contributed by atoms with E-state index >= 15 is 0 Å². The SMILES string of the molecule is CC(C)CC(Oc1ccc(CC(C)(C)CC(C)(C)C)cc1)OC(C)C. The quantitative estimate of drug-likeness (QED) is 0.453. The van der Waals surface area contributed by atoms with Crippen molar-refractivity contribution in [2.24, 2.45) is 16.7 Å². The van der Waals surface area contributed by atoms with Crippen LogP contribution in [0.25, 0.3) is 0 Å². The summed E-state index contributed by atoms with van der Waals surface area (Å²) in [7, 11) is 0. The Bertz CT molecular complexity index is 482. The van der Waals surface area contributed by atoms with Gasteiger partial charge in [0.2, 0.25) is 0 Å². The van der Waals surface area contributed by atoms with Crippen molar-refractivity contribution in [1.29, 1.82) is 0 Å². The summed E-state index contributed by atoms with van der Waals surface area (Å²) in [5, 5.41) is 0. The van der Waals surface area contributed by atoms with Gasteiger partial charge in [-0.2, -0.15) is 0 Å². The van der Waals surface area contributed by atoms with Crippen LogP contribution in [0.1, 0.15) is 80.7 Å². The molecular formula is C23H40O2. The van der Waals surface area contributed by atoms with Crippen LogP contribution in [0.2, 0.25) is 0 Å². The normalized spacial score (nSPS) is 14.2. The smallest absolute Gasteiger partial charge is 0.200 e. The van der Waals surface area contributed by atoms with E-state index < -0.39 is 0 Å². The third-order valence-corrected chi connectivity index (χ3v) is 3.97. The molecule has 0 aromatic heterocycles. The first kappa shape index (κ1) is 22.0. The van der Waals surface area contributed by atoms with E-state index in [1.54, 1.807) is 0 Å². The number of rotatable bonds is 9. The van der Waals surface area contributed by atoms with Gasteiger partial charge in [0.05, 0.1) is 6.10 Å². The molecule has 0 bridgehead atoms. The molecular weight excluding hydrogens is 308 g/mol. The van der Waals surface area contributed by atoms with E-state index in [4.69, 9.17) is 9.47 Å². The number of hydrogen-bond donors (Lipinski definition) is 0. The van der Waals surface area contributed by atoms with E-state index in [1.807, 2.05) is 0 Å². The molecule has 0 N–H and O–H groups in total. The highest BCUT2D eigenvalue weighted by Crippen LogP contribution is 2.36. The Morgan fingerprint density at radius 2 is 1.44 bits per heavy atom. The first-order valence-electron chi connectivity index (χ1n) is 9.77. The highest BCUT2D eigenvalue weighted by atomic mass is 16.7. The zero-order chi connectivity index (χ0) is 19.3. The molecule has 0 saturated heterocycles. The van der Waals surface area contributed by atoms with Crippen LogP contribution in [0.3, 0.4) is 0 Å². The minimum Gasteiger partial charge on any atom is -0.465 e. The van der Waals surface area contributed by atoms with Crippen molar-refractivity contribution in [3.63, 3.8) is 0 Å². The molecule has 0 aliphatic carbocycles. The van der Waals surface area contributed by atoms with Crippen LogP contribution in [0, 0.1) is 16.7 Å². The molecule has 0 aliphatic rings. The Balaban J connectivity index is 2.71. The Hall–Kier alpha value is -1.02. The average Bonchev–Trinajstić information content (AvgIpc) is 2.36.